The summed E-state index contributed by atoms with van der Waals surface area (Å²) >= 11 is 0. The molecule has 1 unspecified atom stereocenters. The Labute approximate surface area is 114 Å². The van der Waals surface area contributed by atoms with Crippen molar-refractivity contribution < 1.29 is 13.5 Å². The van der Waals surface area contributed by atoms with E-state index in [0.717, 1.165) is 5.56 Å². The molecule has 0 spiro atoms. The molecule has 2 nitrogen and oxygen atoms in total. The van der Waals surface area contributed by atoms with Crippen molar-refractivity contribution in [3.8, 4) is 0 Å². The molecule has 2 N–H and O–H groups in total. The van der Waals surface area contributed by atoms with Crippen LogP contribution in [0, 0.1) is 27.7 Å². The fraction of sp³-hybridized carbons (Fsp3) is 0.600. The van der Waals surface area contributed by atoms with E-state index in [9.17, 15) is 8.78 Å². The summed E-state index contributed by atoms with van der Waals surface area (Å²) in [4.78, 5) is 0. The highest BCUT2D eigenvalue weighted by molar-refractivity contribution is 5.45. The van der Waals surface area contributed by atoms with Crippen LogP contribution in [0.15, 0.2) is 6.07 Å². The lowest BCUT2D eigenvalue weighted by atomic mass is 9.89. The SMILES string of the molecule is Cc1cc(C)c(C)c(C(N)CCOCC(F)F)c1C. The van der Waals surface area contributed by atoms with E-state index in [0.29, 0.717) is 6.42 Å². The number of hydrogen-bond acceptors (Lipinski definition) is 2. The van der Waals surface area contributed by atoms with E-state index in [1.54, 1.807) is 0 Å². The van der Waals surface area contributed by atoms with Crippen LogP contribution >= 0.6 is 0 Å². The average molecular weight is 271 g/mol. The summed E-state index contributed by atoms with van der Waals surface area (Å²) in [6, 6.07) is 1.98. The van der Waals surface area contributed by atoms with Crippen LogP contribution in [-0.2, 0) is 4.74 Å². The summed E-state index contributed by atoms with van der Waals surface area (Å²) in [7, 11) is 0. The molecule has 0 aliphatic heterocycles. The first kappa shape index (κ1) is 16.1. The molecule has 0 saturated heterocycles. The third kappa shape index (κ3) is 4.25. The third-order valence-electron chi connectivity index (χ3n) is 3.61. The quantitative estimate of drug-likeness (QED) is 0.802. The monoisotopic (exact) mass is 271 g/mol. The number of halogens is 2. The molecular formula is C15H23F2NO. The Morgan fingerprint density at radius 2 is 1.63 bits per heavy atom. The second-order valence-corrected chi connectivity index (χ2v) is 5.04. The smallest absolute Gasteiger partial charge is 0.261 e. The van der Waals surface area contributed by atoms with E-state index >= 15 is 0 Å². The van der Waals surface area contributed by atoms with Gasteiger partial charge in [-0.1, -0.05) is 6.07 Å². The second-order valence-electron chi connectivity index (χ2n) is 5.04. The zero-order chi connectivity index (χ0) is 14.6. The van der Waals surface area contributed by atoms with E-state index in [1.807, 2.05) is 0 Å². The summed E-state index contributed by atoms with van der Waals surface area (Å²) < 4.78 is 28.8. The first-order chi connectivity index (χ1) is 8.84. The zero-order valence-corrected chi connectivity index (χ0v) is 12.1. The van der Waals surface area contributed by atoms with Crippen LogP contribution in [0.5, 0.6) is 0 Å². The van der Waals surface area contributed by atoms with E-state index < -0.39 is 13.0 Å². The van der Waals surface area contributed by atoms with Gasteiger partial charge in [0, 0.05) is 12.6 Å². The Morgan fingerprint density at radius 1 is 1.11 bits per heavy atom. The molecule has 4 heteroatoms. The lowest BCUT2D eigenvalue weighted by Crippen LogP contribution is -2.18. The summed E-state index contributed by atoms with van der Waals surface area (Å²) in [5, 5.41) is 0. The van der Waals surface area contributed by atoms with Gasteiger partial charge in [0.05, 0.1) is 0 Å². The first-order valence-electron chi connectivity index (χ1n) is 6.53. The van der Waals surface area contributed by atoms with Gasteiger partial charge in [-0.2, -0.15) is 0 Å². The van der Waals surface area contributed by atoms with Gasteiger partial charge in [0.2, 0.25) is 0 Å². The lowest BCUT2D eigenvalue weighted by Gasteiger charge is -2.21. The normalized spacial score (nSPS) is 13.1. The average Bonchev–Trinajstić information content (AvgIpc) is 2.32. The van der Waals surface area contributed by atoms with Crippen molar-refractivity contribution >= 4 is 0 Å². The summed E-state index contributed by atoms with van der Waals surface area (Å²) in [5.74, 6) is 0. The minimum Gasteiger partial charge on any atom is -0.375 e. The zero-order valence-electron chi connectivity index (χ0n) is 12.1. The summed E-state index contributed by atoms with van der Waals surface area (Å²) in [6.45, 7) is 7.97. The Morgan fingerprint density at radius 3 is 2.11 bits per heavy atom. The minimum atomic E-state index is -2.42. The van der Waals surface area contributed by atoms with E-state index in [2.05, 4.69) is 33.8 Å². The number of rotatable bonds is 6. The molecule has 1 atom stereocenters. The Kier molecular flexibility index (Phi) is 5.88. The Bertz CT molecular complexity index is 406. The minimum absolute atomic E-state index is 0.170. The van der Waals surface area contributed by atoms with E-state index in [-0.39, 0.29) is 12.6 Å². The van der Waals surface area contributed by atoms with Crippen LogP contribution in [0.1, 0.15) is 40.3 Å². The van der Waals surface area contributed by atoms with Crippen molar-refractivity contribution in [2.75, 3.05) is 13.2 Å². The molecule has 0 saturated carbocycles. The maximum Gasteiger partial charge on any atom is 0.261 e. The van der Waals surface area contributed by atoms with Crippen LogP contribution in [-0.4, -0.2) is 19.6 Å². The Balaban J connectivity index is 2.74. The maximum absolute atomic E-state index is 12.0. The molecule has 0 bridgehead atoms. The van der Waals surface area contributed by atoms with Gasteiger partial charge in [-0.25, -0.2) is 8.78 Å². The highest BCUT2D eigenvalue weighted by atomic mass is 19.3. The van der Waals surface area contributed by atoms with Crippen LogP contribution in [0.2, 0.25) is 0 Å². The number of nitrogens with two attached hydrogens (primary N) is 1. The van der Waals surface area contributed by atoms with Crippen molar-refractivity contribution in [2.24, 2.45) is 5.73 Å². The molecule has 1 aromatic rings. The largest absolute Gasteiger partial charge is 0.375 e. The molecule has 0 amide bonds. The number of ether oxygens (including phenoxy) is 1. The highest BCUT2D eigenvalue weighted by Crippen LogP contribution is 2.27. The van der Waals surface area contributed by atoms with Gasteiger partial charge in [-0.05, 0) is 61.9 Å². The number of benzene rings is 1. The van der Waals surface area contributed by atoms with Crippen molar-refractivity contribution in [3.63, 3.8) is 0 Å². The van der Waals surface area contributed by atoms with Gasteiger partial charge in [0.25, 0.3) is 6.43 Å². The number of aryl methyl sites for hydroxylation is 2. The van der Waals surface area contributed by atoms with Gasteiger partial charge >= 0.3 is 0 Å². The molecule has 0 aliphatic carbocycles. The molecule has 0 heterocycles. The standard InChI is InChI=1S/C15H23F2NO/c1-9-7-10(2)12(4)15(11(9)3)13(18)5-6-19-8-14(16)17/h7,13-14H,5-6,8,18H2,1-4H3. The molecule has 0 radical (unpaired) electrons. The van der Waals surface area contributed by atoms with Crippen LogP contribution in [0.4, 0.5) is 8.78 Å². The maximum atomic E-state index is 12.0. The first-order valence-corrected chi connectivity index (χ1v) is 6.53. The molecule has 1 rings (SSSR count). The van der Waals surface area contributed by atoms with Crippen LogP contribution in [0.3, 0.4) is 0 Å². The summed E-state index contributed by atoms with van der Waals surface area (Å²) in [6.07, 6.45) is -1.86. The Hall–Kier alpha value is -1.00. The van der Waals surface area contributed by atoms with Gasteiger partial charge < -0.3 is 10.5 Å². The van der Waals surface area contributed by atoms with Gasteiger partial charge in [-0.3, -0.25) is 0 Å². The molecule has 0 aliphatic rings. The third-order valence-corrected chi connectivity index (χ3v) is 3.61. The molecule has 19 heavy (non-hydrogen) atoms. The fourth-order valence-electron chi connectivity index (χ4n) is 2.33. The van der Waals surface area contributed by atoms with Crippen molar-refractivity contribution in [1.82, 2.24) is 0 Å². The number of alkyl halides is 2. The van der Waals surface area contributed by atoms with Gasteiger partial charge in [-0.15, -0.1) is 0 Å². The lowest BCUT2D eigenvalue weighted by molar-refractivity contribution is 0.0152. The topological polar surface area (TPSA) is 35.2 Å². The van der Waals surface area contributed by atoms with Gasteiger partial charge in [0.1, 0.15) is 6.61 Å². The molecule has 1 aromatic carbocycles. The van der Waals surface area contributed by atoms with E-state index in [1.165, 1.54) is 22.3 Å². The van der Waals surface area contributed by atoms with Gasteiger partial charge in [0.15, 0.2) is 0 Å². The highest BCUT2D eigenvalue weighted by Gasteiger charge is 2.15. The summed E-state index contributed by atoms with van der Waals surface area (Å²) in [5.41, 5.74) is 12.1. The van der Waals surface area contributed by atoms with Crippen molar-refractivity contribution in [1.29, 1.82) is 0 Å². The van der Waals surface area contributed by atoms with Crippen LogP contribution in [0.25, 0.3) is 0 Å². The fourth-order valence-corrected chi connectivity index (χ4v) is 2.33. The number of hydrogen-bond donors (Lipinski definition) is 1. The van der Waals surface area contributed by atoms with E-state index in [4.69, 9.17) is 10.5 Å². The predicted octanol–water partition coefficient (Wildman–Crippen LogP) is 3.59. The molecule has 108 valence electrons. The molecular weight excluding hydrogens is 248 g/mol. The van der Waals surface area contributed by atoms with Crippen LogP contribution < -0.4 is 5.73 Å². The molecule has 0 aromatic heterocycles. The van der Waals surface area contributed by atoms with Crippen molar-refractivity contribution in [2.45, 2.75) is 46.6 Å². The predicted molar refractivity (Wildman–Crippen MR) is 73.8 cm³/mol. The second kappa shape index (κ2) is 6.96. The molecule has 0 fully saturated rings. The van der Waals surface area contributed by atoms with Crippen molar-refractivity contribution in [3.05, 3.63) is 33.9 Å².